The maximum atomic E-state index is 5.51. The Hall–Kier alpha value is -1.35. The molecule has 0 aromatic carbocycles. The molecule has 3 heterocycles. The largest absolute Gasteiger partial charge is 0.462 e. The molecule has 3 heteroatoms. The third-order valence-electron chi connectivity index (χ3n) is 3.09. The second-order valence-corrected chi connectivity index (χ2v) is 4.08. The average molecular weight is 202 g/mol. The van der Waals surface area contributed by atoms with E-state index in [2.05, 4.69) is 10.3 Å². The first kappa shape index (κ1) is 8.92. The van der Waals surface area contributed by atoms with E-state index in [1.165, 1.54) is 18.4 Å². The standard InChI is InChI=1S/C12H14N2O/c1-3-9(7-13-5-1)10-8-15-11-4-2-6-14-12(10)11/h2,4,6,8-9,13H,1,3,5,7H2. The Bertz CT molecular complexity index is 457. The molecule has 15 heavy (non-hydrogen) atoms. The van der Waals surface area contributed by atoms with Crippen molar-refractivity contribution < 1.29 is 4.42 Å². The second-order valence-electron chi connectivity index (χ2n) is 4.08. The van der Waals surface area contributed by atoms with E-state index in [0.29, 0.717) is 5.92 Å². The molecule has 1 N–H and O–H groups in total. The molecule has 0 spiro atoms. The number of aromatic nitrogens is 1. The predicted octanol–water partition coefficient (Wildman–Crippen LogP) is 2.29. The van der Waals surface area contributed by atoms with E-state index in [0.717, 1.165) is 24.2 Å². The Morgan fingerprint density at radius 2 is 2.47 bits per heavy atom. The predicted molar refractivity (Wildman–Crippen MR) is 58.9 cm³/mol. The maximum Gasteiger partial charge on any atom is 0.152 e. The summed E-state index contributed by atoms with van der Waals surface area (Å²) in [7, 11) is 0. The minimum atomic E-state index is 0.565. The van der Waals surface area contributed by atoms with Crippen molar-refractivity contribution in [2.24, 2.45) is 0 Å². The molecule has 3 nitrogen and oxygen atoms in total. The van der Waals surface area contributed by atoms with Crippen molar-refractivity contribution in [2.75, 3.05) is 13.1 Å². The van der Waals surface area contributed by atoms with Crippen LogP contribution in [-0.4, -0.2) is 18.1 Å². The van der Waals surface area contributed by atoms with Gasteiger partial charge in [-0.2, -0.15) is 0 Å². The molecule has 1 atom stereocenters. The summed E-state index contributed by atoms with van der Waals surface area (Å²) in [5.41, 5.74) is 3.20. The van der Waals surface area contributed by atoms with Gasteiger partial charge < -0.3 is 9.73 Å². The van der Waals surface area contributed by atoms with Gasteiger partial charge in [0.15, 0.2) is 5.58 Å². The van der Waals surface area contributed by atoms with Gasteiger partial charge >= 0.3 is 0 Å². The number of hydrogen-bond donors (Lipinski definition) is 1. The molecule has 1 fully saturated rings. The molecule has 0 aliphatic carbocycles. The van der Waals surface area contributed by atoms with Gasteiger partial charge in [0.05, 0.1) is 6.26 Å². The van der Waals surface area contributed by atoms with Crippen LogP contribution in [0.4, 0.5) is 0 Å². The first-order valence-electron chi connectivity index (χ1n) is 5.48. The van der Waals surface area contributed by atoms with Crippen molar-refractivity contribution in [1.82, 2.24) is 10.3 Å². The fraction of sp³-hybridized carbons (Fsp3) is 0.417. The highest BCUT2D eigenvalue weighted by atomic mass is 16.3. The van der Waals surface area contributed by atoms with Gasteiger partial charge in [-0.1, -0.05) is 0 Å². The molecule has 78 valence electrons. The van der Waals surface area contributed by atoms with Gasteiger partial charge in [-0.3, -0.25) is 4.98 Å². The number of rotatable bonds is 1. The van der Waals surface area contributed by atoms with Crippen LogP contribution in [0.3, 0.4) is 0 Å². The highest BCUT2D eigenvalue weighted by molar-refractivity contribution is 5.76. The zero-order valence-electron chi connectivity index (χ0n) is 8.57. The Balaban J connectivity index is 2.02. The maximum absolute atomic E-state index is 5.51. The number of fused-ring (bicyclic) bond motifs is 1. The van der Waals surface area contributed by atoms with Gasteiger partial charge in [-0.15, -0.1) is 0 Å². The van der Waals surface area contributed by atoms with Crippen LogP contribution in [0.25, 0.3) is 11.1 Å². The average Bonchev–Trinajstić information content (AvgIpc) is 2.74. The Morgan fingerprint density at radius 3 is 3.33 bits per heavy atom. The third-order valence-corrected chi connectivity index (χ3v) is 3.09. The van der Waals surface area contributed by atoms with Crippen LogP contribution in [0.1, 0.15) is 24.3 Å². The minimum absolute atomic E-state index is 0.565. The zero-order chi connectivity index (χ0) is 10.1. The van der Waals surface area contributed by atoms with E-state index in [4.69, 9.17) is 4.42 Å². The molecule has 2 aromatic rings. The molecule has 1 aliphatic rings. The number of nitrogens with one attached hydrogen (secondary N) is 1. The monoisotopic (exact) mass is 202 g/mol. The number of furan rings is 1. The fourth-order valence-electron chi connectivity index (χ4n) is 2.29. The lowest BCUT2D eigenvalue weighted by Gasteiger charge is -2.21. The summed E-state index contributed by atoms with van der Waals surface area (Å²) in [6.45, 7) is 2.19. The van der Waals surface area contributed by atoms with Crippen LogP contribution >= 0.6 is 0 Å². The van der Waals surface area contributed by atoms with E-state index < -0.39 is 0 Å². The lowest BCUT2D eigenvalue weighted by atomic mass is 9.93. The van der Waals surface area contributed by atoms with Crippen molar-refractivity contribution in [3.8, 4) is 0 Å². The molecule has 1 unspecified atom stereocenters. The molecular formula is C12H14N2O. The fourth-order valence-corrected chi connectivity index (χ4v) is 2.29. The van der Waals surface area contributed by atoms with Crippen molar-refractivity contribution in [3.05, 3.63) is 30.2 Å². The van der Waals surface area contributed by atoms with Crippen LogP contribution in [0.5, 0.6) is 0 Å². The number of nitrogens with zero attached hydrogens (tertiary/aromatic N) is 1. The lowest BCUT2D eigenvalue weighted by Crippen LogP contribution is -2.28. The second kappa shape index (κ2) is 3.66. The van der Waals surface area contributed by atoms with Crippen molar-refractivity contribution >= 4 is 11.1 Å². The molecule has 0 bridgehead atoms. The first-order valence-corrected chi connectivity index (χ1v) is 5.48. The van der Waals surface area contributed by atoms with Crippen LogP contribution < -0.4 is 5.32 Å². The highest BCUT2D eigenvalue weighted by Gasteiger charge is 2.19. The first-order chi connectivity index (χ1) is 7.45. The summed E-state index contributed by atoms with van der Waals surface area (Å²) in [6.07, 6.45) is 6.18. The zero-order valence-corrected chi connectivity index (χ0v) is 8.57. The van der Waals surface area contributed by atoms with Gasteiger partial charge in [0.2, 0.25) is 0 Å². The molecule has 2 aromatic heterocycles. The molecule has 0 saturated carbocycles. The summed E-state index contributed by atoms with van der Waals surface area (Å²) < 4.78 is 5.51. The Kier molecular flexibility index (Phi) is 2.18. The van der Waals surface area contributed by atoms with E-state index in [-0.39, 0.29) is 0 Å². The molecule has 3 rings (SSSR count). The number of hydrogen-bond acceptors (Lipinski definition) is 3. The molecule has 1 aliphatic heterocycles. The summed E-state index contributed by atoms with van der Waals surface area (Å²) in [4.78, 5) is 4.39. The Labute approximate surface area is 88.5 Å². The van der Waals surface area contributed by atoms with Gasteiger partial charge in [0.25, 0.3) is 0 Å². The van der Waals surface area contributed by atoms with Crippen LogP contribution in [-0.2, 0) is 0 Å². The molecule has 0 radical (unpaired) electrons. The van der Waals surface area contributed by atoms with Gasteiger partial charge in [0, 0.05) is 24.2 Å². The van der Waals surface area contributed by atoms with Crippen LogP contribution in [0, 0.1) is 0 Å². The number of piperidine rings is 1. The van der Waals surface area contributed by atoms with E-state index >= 15 is 0 Å². The van der Waals surface area contributed by atoms with E-state index in [1.54, 1.807) is 0 Å². The van der Waals surface area contributed by atoms with Gasteiger partial charge in [0.1, 0.15) is 5.52 Å². The molecule has 0 amide bonds. The summed E-state index contributed by atoms with van der Waals surface area (Å²) in [6, 6.07) is 3.89. The highest BCUT2D eigenvalue weighted by Crippen LogP contribution is 2.29. The lowest BCUT2D eigenvalue weighted by molar-refractivity contribution is 0.458. The van der Waals surface area contributed by atoms with E-state index in [9.17, 15) is 0 Å². The van der Waals surface area contributed by atoms with Crippen LogP contribution in [0.15, 0.2) is 29.0 Å². The minimum Gasteiger partial charge on any atom is -0.462 e. The normalized spacial score (nSPS) is 22.0. The molecular weight excluding hydrogens is 188 g/mol. The van der Waals surface area contributed by atoms with E-state index in [1.807, 2.05) is 24.6 Å². The summed E-state index contributed by atoms with van der Waals surface area (Å²) in [5, 5.41) is 3.42. The van der Waals surface area contributed by atoms with Crippen LogP contribution in [0.2, 0.25) is 0 Å². The smallest absolute Gasteiger partial charge is 0.152 e. The Morgan fingerprint density at radius 1 is 1.47 bits per heavy atom. The number of pyridine rings is 1. The van der Waals surface area contributed by atoms with Gasteiger partial charge in [-0.05, 0) is 31.5 Å². The van der Waals surface area contributed by atoms with Crippen molar-refractivity contribution in [1.29, 1.82) is 0 Å². The summed E-state index contributed by atoms with van der Waals surface area (Å²) >= 11 is 0. The molecule has 1 saturated heterocycles. The van der Waals surface area contributed by atoms with Gasteiger partial charge in [-0.25, -0.2) is 0 Å². The quantitative estimate of drug-likeness (QED) is 0.771. The van der Waals surface area contributed by atoms with Crippen molar-refractivity contribution in [3.63, 3.8) is 0 Å². The topological polar surface area (TPSA) is 38.1 Å². The SMILES string of the molecule is c1cnc2c(C3CCCNC3)coc2c1. The van der Waals surface area contributed by atoms with Crippen molar-refractivity contribution in [2.45, 2.75) is 18.8 Å². The summed E-state index contributed by atoms with van der Waals surface area (Å²) in [5.74, 6) is 0.565. The third kappa shape index (κ3) is 1.53.